The van der Waals surface area contributed by atoms with Gasteiger partial charge in [0.25, 0.3) is 10.0 Å². The molecule has 0 bridgehead atoms. The van der Waals surface area contributed by atoms with Gasteiger partial charge in [-0.05, 0) is 79.6 Å². The van der Waals surface area contributed by atoms with Gasteiger partial charge >= 0.3 is 5.97 Å². The molecule has 1 heterocycles. The van der Waals surface area contributed by atoms with Crippen LogP contribution >= 0.6 is 11.6 Å². The molecule has 0 radical (unpaired) electrons. The Morgan fingerprint density at radius 1 is 0.896 bits per heavy atom. The Morgan fingerprint density at radius 2 is 1.60 bits per heavy atom. The molecule has 0 atom stereocenters. The molecular weight excluding hydrogens is 651 g/mol. The van der Waals surface area contributed by atoms with Gasteiger partial charge in [0, 0.05) is 32.7 Å². The minimum absolute atomic E-state index is 0.0595. The number of methoxy groups -OCH3 is 1. The molecule has 0 aliphatic rings. The van der Waals surface area contributed by atoms with Crippen LogP contribution in [0.5, 0.6) is 0 Å². The largest absolute Gasteiger partial charge is 0.465 e. The van der Waals surface area contributed by atoms with Gasteiger partial charge in [-0.25, -0.2) is 21.6 Å². The van der Waals surface area contributed by atoms with Crippen molar-refractivity contribution in [2.24, 2.45) is 0 Å². The van der Waals surface area contributed by atoms with Crippen molar-refractivity contribution in [3.05, 3.63) is 137 Å². The highest BCUT2D eigenvalue weighted by molar-refractivity contribution is 7.90. The Bertz CT molecular complexity index is 2390. The maximum atomic E-state index is 15.0. The van der Waals surface area contributed by atoms with Crippen LogP contribution < -0.4 is 0 Å². The number of fused-ring (bicyclic) bond motifs is 1. The Hall–Kier alpha value is -5.27. The zero-order chi connectivity index (χ0) is 34.4. The van der Waals surface area contributed by atoms with Crippen molar-refractivity contribution < 1.29 is 27.4 Å². The lowest BCUT2D eigenvalue weighted by atomic mass is 9.93. The molecule has 0 spiro atoms. The molecule has 0 aliphatic carbocycles. The second kappa shape index (κ2) is 12.4. The van der Waals surface area contributed by atoms with E-state index in [1.165, 1.54) is 47.5 Å². The van der Waals surface area contributed by atoms with E-state index in [1.54, 1.807) is 86.6 Å². The normalized spacial score (nSPS) is 11.8. The summed E-state index contributed by atoms with van der Waals surface area (Å²) in [5, 5.41) is 21.1. The third-order valence-corrected chi connectivity index (χ3v) is 10.2. The molecule has 240 valence electrons. The summed E-state index contributed by atoms with van der Waals surface area (Å²) in [6.07, 6.45) is 0. The van der Waals surface area contributed by atoms with E-state index in [-0.39, 0.29) is 37.6 Å². The van der Waals surface area contributed by atoms with Gasteiger partial charge in [0.2, 0.25) is 0 Å². The Kier molecular flexibility index (Phi) is 8.44. The number of halogens is 2. The standard InChI is InChI=1S/C38H28ClFN2O5S/c1-38(2,44)27-12-15-29(16-13-27)48(45,46)42-34-18-14-28(40)21-32(34)35(31-10-5-4-7-26(31)22-41)36(42)24-9-6-8-23(19-24)30-17-11-25(20-33(30)39)37(43)47-3/h4-21,44H,1-3H3. The maximum absolute atomic E-state index is 15.0. The van der Waals surface area contributed by atoms with Gasteiger partial charge in [-0.3, -0.25) is 0 Å². The second-order valence-corrected chi connectivity index (χ2v) is 13.9. The van der Waals surface area contributed by atoms with Crippen LogP contribution in [-0.4, -0.2) is 30.6 Å². The molecule has 1 aromatic heterocycles. The van der Waals surface area contributed by atoms with E-state index in [1.807, 2.05) is 0 Å². The van der Waals surface area contributed by atoms with E-state index in [9.17, 15) is 28.0 Å². The third-order valence-electron chi connectivity index (χ3n) is 8.14. The molecule has 1 N–H and O–H groups in total. The van der Waals surface area contributed by atoms with Gasteiger partial charge in [-0.1, -0.05) is 66.2 Å². The monoisotopic (exact) mass is 678 g/mol. The third kappa shape index (κ3) is 5.75. The fourth-order valence-electron chi connectivity index (χ4n) is 5.79. The minimum atomic E-state index is -4.38. The average molecular weight is 679 g/mol. The number of rotatable bonds is 7. The first-order valence-electron chi connectivity index (χ1n) is 14.8. The molecule has 0 saturated heterocycles. The highest BCUT2D eigenvalue weighted by atomic mass is 35.5. The van der Waals surface area contributed by atoms with E-state index in [4.69, 9.17) is 16.3 Å². The van der Waals surface area contributed by atoms with Crippen LogP contribution in [0.15, 0.2) is 114 Å². The second-order valence-electron chi connectivity index (χ2n) is 11.7. The van der Waals surface area contributed by atoms with Crippen molar-refractivity contribution in [2.45, 2.75) is 24.3 Å². The summed E-state index contributed by atoms with van der Waals surface area (Å²) in [6.45, 7) is 3.20. The van der Waals surface area contributed by atoms with Crippen molar-refractivity contribution >= 4 is 38.5 Å². The van der Waals surface area contributed by atoms with Gasteiger partial charge < -0.3 is 9.84 Å². The molecule has 5 aromatic carbocycles. The van der Waals surface area contributed by atoms with Crippen LogP contribution in [0.3, 0.4) is 0 Å². The van der Waals surface area contributed by atoms with Crippen LogP contribution in [0.25, 0.3) is 44.4 Å². The molecule has 7 nitrogen and oxygen atoms in total. The number of aromatic nitrogens is 1. The molecule has 0 fully saturated rings. The van der Waals surface area contributed by atoms with Crippen molar-refractivity contribution in [1.82, 2.24) is 3.97 Å². The number of benzene rings is 5. The number of aliphatic hydroxyl groups is 1. The maximum Gasteiger partial charge on any atom is 0.337 e. The predicted molar refractivity (Wildman–Crippen MR) is 184 cm³/mol. The van der Waals surface area contributed by atoms with Crippen LogP contribution in [-0.2, 0) is 20.4 Å². The van der Waals surface area contributed by atoms with Crippen LogP contribution in [0.2, 0.25) is 5.02 Å². The number of hydrogen-bond acceptors (Lipinski definition) is 6. The molecule has 0 aliphatic heterocycles. The average Bonchev–Trinajstić information content (AvgIpc) is 3.42. The molecular formula is C38H28ClFN2O5S. The Morgan fingerprint density at radius 3 is 2.27 bits per heavy atom. The molecule has 6 aromatic rings. The quantitative estimate of drug-likeness (QED) is 0.170. The van der Waals surface area contributed by atoms with Crippen LogP contribution in [0.1, 0.15) is 35.3 Å². The first-order valence-corrected chi connectivity index (χ1v) is 16.6. The SMILES string of the molecule is COC(=O)c1ccc(-c2cccc(-c3c(-c4ccccc4C#N)c4cc(F)ccc4n3S(=O)(=O)c3ccc(C(C)(C)O)cc3)c2)c(Cl)c1. The Labute approximate surface area is 282 Å². The zero-order valence-electron chi connectivity index (χ0n) is 26.0. The summed E-state index contributed by atoms with van der Waals surface area (Å²) >= 11 is 6.64. The first kappa shape index (κ1) is 32.7. The molecule has 6 rings (SSSR count). The molecule has 10 heteroatoms. The summed E-state index contributed by atoms with van der Waals surface area (Å²) in [7, 11) is -3.10. The smallest absolute Gasteiger partial charge is 0.337 e. The van der Waals surface area contributed by atoms with Crippen molar-refractivity contribution in [1.29, 1.82) is 5.26 Å². The van der Waals surface area contributed by atoms with E-state index in [0.29, 0.717) is 33.4 Å². The summed E-state index contributed by atoms with van der Waals surface area (Å²) < 4.78 is 50.4. The molecule has 48 heavy (non-hydrogen) atoms. The van der Waals surface area contributed by atoms with E-state index >= 15 is 0 Å². The summed E-state index contributed by atoms with van der Waals surface area (Å²) in [6, 6.07) is 30.5. The summed E-state index contributed by atoms with van der Waals surface area (Å²) in [5.74, 6) is -1.13. The van der Waals surface area contributed by atoms with Crippen LogP contribution in [0.4, 0.5) is 4.39 Å². The fraction of sp³-hybridized carbons (Fsp3) is 0.105. The molecule has 0 amide bonds. The number of carbonyl (C=O) groups is 1. The number of nitrogens with zero attached hydrogens (tertiary/aromatic N) is 2. The first-order chi connectivity index (χ1) is 22.8. The topological polar surface area (TPSA) is 109 Å². The molecule has 0 unspecified atom stereocenters. The highest BCUT2D eigenvalue weighted by Gasteiger charge is 2.30. The van der Waals surface area contributed by atoms with Gasteiger partial charge in [0.15, 0.2) is 0 Å². The number of esters is 1. The number of hydrogen-bond donors (Lipinski definition) is 1. The highest BCUT2D eigenvalue weighted by Crippen LogP contribution is 2.45. The van der Waals surface area contributed by atoms with Crippen LogP contribution in [0, 0.1) is 17.1 Å². The number of nitriles is 1. The fourth-order valence-corrected chi connectivity index (χ4v) is 7.62. The zero-order valence-corrected chi connectivity index (χ0v) is 27.6. The minimum Gasteiger partial charge on any atom is -0.465 e. The Balaban J connectivity index is 1.69. The van der Waals surface area contributed by atoms with E-state index < -0.39 is 27.4 Å². The van der Waals surface area contributed by atoms with Crippen molar-refractivity contribution in [3.8, 4) is 39.6 Å². The van der Waals surface area contributed by atoms with Crippen molar-refractivity contribution in [2.75, 3.05) is 7.11 Å². The van der Waals surface area contributed by atoms with Gasteiger partial charge in [0.1, 0.15) is 5.82 Å². The lowest BCUT2D eigenvalue weighted by Crippen LogP contribution is -2.17. The van der Waals surface area contributed by atoms with Gasteiger partial charge in [-0.15, -0.1) is 0 Å². The lowest BCUT2D eigenvalue weighted by molar-refractivity contribution is 0.0600. The summed E-state index contributed by atoms with van der Waals surface area (Å²) in [4.78, 5) is 12.0. The van der Waals surface area contributed by atoms with Crippen molar-refractivity contribution in [3.63, 3.8) is 0 Å². The van der Waals surface area contributed by atoms with E-state index in [0.717, 1.165) is 0 Å². The van der Waals surface area contributed by atoms with Gasteiger partial charge in [-0.2, -0.15) is 5.26 Å². The molecule has 0 saturated carbocycles. The lowest BCUT2D eigenvalue weighted by Gasteiger charge is -2.19. The predicted octanol–water partition coefficient (Wildman–Crippen LogP) is 8.56. The van der Waals surface area contributed by atoms with Gasteiger partial charge in [0.05, 0.1) is 46.0 Å². The summed E-state index contributed by atoms with van der Waals surface area (Å²) in [5.41, 5.74) is 2.66. The number of carbonyl (C=O) groups excluding carboxylic acids is 1. The van der Waals surface area contributed by atoms with E-state index in [2.05, 4.69) is 6.07 Å². The number of ether oxygens (including phenoxy) is 1.